The van der Waals surface area contributed by atoms with Crippen molar-refractivity contribution in [2.45, 2.75) is 12.0 Å². The van der Waals surface area contributed by atoms with Crippen LogP contribution in [0.3, 0.4) is 0 Å². The number of rotatable bonds is 2. The summed E-state index contributed by atoms with van der Waals surface area (Å²) in [7, 11) is 0. The Morgan fingerprint density at radius 2 is 1.87 bits per heavy atom. The topological polar surface area (TPSA) is 106 Å². The third kappa shape index (κ3) is 5.22. The quantitative estimate of drug-likeness (QED) is 0.496. The minimum absolute atomic E-state index is 0. The molecule has 0 saturated carbocycles. The van der Waals surface area contributed by atoms with Gasteiger partial charge in [-0.05, 0) is 12.0 Å². The number of hydrogen-bond acceptors (Lipinski definition) is 5. The van der Waals surface area contributed by atoms with Crippen molar-refractivity contribution in [2.75, 3.05) is 0 Å². The molecular formula is C8H7K2NO4. The van der Waals surface area contributed by atoms with E-state index in [1.807, 2.05) is 0 Å². The Morgan fingerprint density at radius 1 is 1.33 bits per heavy atom. The molecule has 1 aliphatic rings. The average molecular weight is 259 g/mol. The molecule has 0 amide bonds. The molecule has 0 fully saturated rings. The Labute approximate surface area is 172 Å². The summed E-state index contributed by atoms with van der Waals surface area (Å²) >= 11 is 0. The zero-order valence-electron chi connectivity index (χ0n) is 8.65. The molecule has 15 heavy (non-hydrogen) atoms. The fourth-order valence-electron chi connectivity index (χ4n) is 0.956. The van der Waals surface area contributed by atoms with Gasteiger partial charge in [-0.15, -0.1) is 0 Å². The minimum atomic E-state index is -1.60. The van der Waals surface area contributed by atoms with Gasteiger partial charge in [0, 0.05) is 0 Å². The number of carbonyl (C=O) groups is 2. The van der Waals surface area contributed by atoms with Crippen molar-refractivity contribution < 1.29 is 123 Å². The van der Waals surface area contributed by atoms with Crippen LogP contribution in [0, 0.1) is 0 Å². The summed E-state index contributed by atoms with van der Waals surface area (Å²) in [6.45, 7) is 0. The molecule has 0 aromatic heterocycles. The fourth-order valence-corrected chi connectivity index (χ4v) is 0.956. The third-order valence-electron chi connectivity index (χ3n) is 1.84. The van der Waals surface area contributed by atoms with E-state index in [1.54, 1.807) is 0 Å². The Kier molecular flexibility index (Phi) is 9.98. The van der Waals surface area contributed by atoms with Gasteiger partial charge in [0.2, 0.25) is 0 Å². The summed E-state index contributed by atoms with van der Waals surface area (Å²) in [4.78, 5) is 20.8. The number of hydrogen-bond donors (Lipinski definition) is 1. The van der Waals surface area contributed by atoms with Crippen LogP contribution in [0.1, 0.15) is 6.42 Å². The Morgan fingerprint density at radius 3 is 2.13 bits per heavy atom. The van der Waals surface area contributed by atoms with Crippen LogP contribution in [0.15, 0.2) is 23.8 Å². The van der Waals surface area contributed by atoms with Gasteiger partial charge in [0.15, 0.2) is 0 Å². The molecule has 1 unspecified atom stereocenters. The molecule has 0 radical (unpaired) electrons. The molecule has 0 saturated heterocycles. The summed E-state index contributed by atoms with van der Waals surface area (Å²) in [6.07, 6.45) is 3.29. The number of nitrogens with two attached hydrogens (primary N) is 1. The number of carbonyl (C=O) groups excluding carboxylic acids is 2. The van der Waals surface area contributed by atoms with Crippen molar-refractivity contribution in [1.82, 2.24) is 0 Å². The van der Waals surface area contributed by atoms with E-state index in [2.05, 4.69) is 0 Å². The smallest absolute Gasteiger partial charge is 0.548 e. The number of carboxylic acids is 2. The first kappa shape index (κ1) is 19.0. The second kappa shape index (κ2) is 7.88. The van der Waals surface area contributed by atoms with Gasteiger partial charge >= 0.3 is 103 Å². The molecule has 1 aliphatic carbocycles. The van der Waals surface area contributed by atoms with E-state index in [0.29, 0.717) is 0 Å². The molecule has 0 bridgehead atoms. The van der Waals surface area contributed by atoms with Crippen molar-refractivity contribution in [2.24, 2.45) is 5.73 Å². The van der Waals surface area contributed by atoms with Gasteiger partial charge in [-0.1, -0.05) is 18.2 Å². The molecule has 1 atom stereocenters. The van der Waals surface area contributed by atoms with Crippen molar-refractivity contribution in [3.8, 4) is 0 Å². The van der Waals surface area contributed by atoms with Gasteiger partial charge in [0.1, 0.15) is 0 Å². The summed E-state index contributed by atoms with van der Waals surface area (Å²) in [6, 6.07) is 0. The van der Waals surface area contributed by atoms with Crippen LogP contribution in [0.4, 0.5) is 0 Å². The van der Waals surface area contributed by atoms with E-state index >= 15 is 0 Å². The SMILES string of the molecule is NC1(C(=O)[O-])C=CC(C(=O)[O-])=CC1.[K+].[K+]. The van der Waals surface area contributed by atoms with Crippen LogP contribution in [-0.4, -0.2) is 17.5 Å². The second-order valence-electron chi connectivity index (χ2n) is 2.81. The van der Waals surface area contributed by atoms with Crippen molar-refractivity contribution in [3.63, 3.8) is 0 Å². The van der Waals surface area contributed by atoms with Crippen LogP contribution in [-0.2, 0) is 9.59 Å². The molecule has 0 heterocycles. The van der Waals surface area contributed by atoms with E-state index in [1.165, 1.54) is 6.08 Å². The van der Waals surface area contributed by atoms with E-state index in [4.69, 9.17) is 5.73 Å². The largest absolute Gasteiger partial charge is 1.00 e. The molecule has 0 aromatic carbocycles. The van der Waals surface area contributed by atoms with Crippen LogP contribution in [0.2, 0.25) is 0 Å². The zero-order valence-corrected chi connectivity index (χ0v) is 14.9. The Hall–Kier alpha value is 1.65. The van der Waals surface area contributed by atoms with Gasteiger partial charge in [0.05, 0.1) is 17.5 Å². The van der Waals surface area contributed by atoms with Gasteiger partial charge in [-0.2, -0.15) is 0 Å². The summed E-state index contributed by atoms with van der Waals surface area (Å²) < 4.78 is 0. The number of carboxylic acid groups (broad SMARTS) is 2. The molecule has 2 N–H and O–H groups in total. The third-order valence-corrected chi connectivity index (χ3v) is 1.84. The van der Waals surface area contributed by atoms with Crippen molar-refractivity contribution in [1.29, 1.82) is 0 Å². The van der Waals surface area contributed by atoms with E-state index in [-0.39, 0.29) is 115 Å². The monoisotopic (exact) mass is 259 g/mol. The maximum Gasteiger partial charge on any atom is 1.00 e. The van der Waals surface area contributed by atoms with Crippen LogP contribution >= 0.6 is 0 Å². The van der Waals surface area contributed by atoms with Crippen molar-refractivity contribution in [3.05, 3.63) is 23.8 Å². The molecule has 70 valence electrons. The predicted octanol–water partition coefficient (Wildman–Crippen LogP) is -8.92. The van der Waals surface area contributed by atoms with E-state index in [0.717, 1.165) is 12.2 Å². The van der Waals surface area contributed by atoms with Gasteiger partial charge in [-0.3, -0.25) is 0 Å². The summed E-state index contributed by atoms with van der Waals surface area (Å²) in [5, 5.41) is 20.8. The minimum Gasteiger partial charge on any atom is -0.548 e. The Bertz CT molecular complexity index is 327. The van der Waals surface area contributed by atoms with Crippen LogP contribution in [0.25, 0.3) is 0 Å². The van der Waals surface area contributed by atoms with Crippen LogP contribution < -0.4 is 119 Å². The van der Waals surface area contributed by atoms with E-state index < -0.39 is 17.5 Å². The molecular weight excluding hydrogens is 252 g/mol. The summed E-state index contributed by atoms with van der Waals surface area (Å²) in [5.41, 5.74) is 3.69. The number of aliphatic carboxylic acids is 2. The molecule has 7 heteroatoms. The van der Waals surface area contributed by atoms with Crippen molar-refractivity contribution >= 4 is 11.9 Å². The first-order valence-corrected chi connectivity index (χ1v) is 3.57. The van der Waals surface area contributed by atoms with Gasteiger partial charge in [-0.25, -0.2) is 0 Å². The first-order valence-electron chi connectivity index (χ1n) is 3.57. The fraction of sp³-hybridized carbons (Fsp3) is 0.250. The molecule has 0 spiro atoms. The standard InChI is InChI=1S/C8H9NO4.2K/c9-8(7(12)13)3-1-5(2-4-8)6(10)11;;/h1-3H,4,9H2,(H,10,11)(H,12,13);;/q;2*+1/p-2. The molecule has 5 nitrogen and oxygen atoms in total. The first-order chi connectivity index (χ1) is 5.96. The molecule has 1 rings (SSSR count). The average Bonchev–Trinajstić information content (AvgIpc) is 2.04. The Balaban J connectivity index is 0. The maximum atomic E-state index is 10.5. The molecule has 0 aliphatic heterocycles. The summed E-state index contributed by atoms with van der Waals surface area (Å²) in [5.74, 6) is -2.78. The predicted molar refractivity (Wildman–Crippen MR) is 38.8 cm³/mol. The maximum absolute atomic E-state index is 10.5. The van der Waals surface area contributed by atoms with Crippen LogP contribution in [0.5, 0.6) is 0 Å². The molecule has 0 aromatic rings. The van der Waals surface area contributed by atoms with Gasteiger partial charge < -0.3 is 25.5 Å². The van der Waals surface area contributed by atoms with Gasteiger partial charge in [0.25, 0.3) is 0 Å². The second-order valence-corrected chi connectivity index (χ2v) is 2.81. The zero-order chi connectivity index (χ0) is 10.1. The normalized spacial score (nSPS) is 23.1. The van der Waals surface area contributed by atoms with E-state index in [9.17, 15) is 19.8 Å².